The minimum Gasteiger partial charge on any atom is -0.484 e. The van der Waals surface area contributed by atoms with Crippen molar-refractivity contribution in [2.45, 2.75) is 43.0 Å². The van der Waals surface area contributed by atoms with Crippen LogP contribution in [0.15, 0.2) is 41.3 Å². The number of carbonyl (C=O) groups is 2. The second-order valence-electron chi connectivity index (χ2n) is 9.88. The van der Waals surface area contributed by atoms with Crippen molar-refractivity contribution in [2.24, 2.45) is 11.8 Å². The molecule has 2 aliphatic rings. The number of hydrogen-bond donors (Lipinski definition) is 2. The predicted molar refractivity (Wildman–Crippen MR) is 132 cm³/mol. The van der Waals surface area contributed by atoms with Gasteiger partial charge in [0.1, 0.15) is 11.9 Å². The van der Waals surface area contributed by atoms with Crippen molar-refractivity contribution in [3.8, 4) is 11.8 Å². The smallest absolute Gasteiger partial charge is 0.427 e. The highest BCUT2D eigenvalue weighted by Crippen LogP contribution is 2.40. The third-order valence-electron chi connectivity index (χ3n) is 6.44. The summed E-state index contributed by atoms with van der Waals surface area (Å²) >= 11 is 0. The quantitative estimate of drug-likeness (QED) is 0.456. The molecule has 0 bridgehead atoms. The highest BCUT2D eigenvalue weighted by molar-refractivity contribution is 7.92. The van der Waals surface area contributed by atoms with Crippen LogP contribution in [0.4, 0.5) is 38.1 Å². The van der Waals surface area contributed by atoms with Gasteiger partial charge in [-0.25, -0.2) is 22.0 Å². The van der Waals surface area contributed by atoms with E-state index in [2.05, 4.69) is 15.4 Å². The number of sulfonamides is 1. The molecule has 0 spiro atoms. The standard InChI is InChI=1S/C25H23F5N4O6S/c1-24(2,25(28,29)30)40-23(36)33-14-3-6-21-20(8-14)34(41(37,38)16-4-5-18(26)19(27)9-16)12-15(39-21)11-32-22(35)17-7-13(17)10-31/h3-6,8-9,13,15,17H,7,11-12H2,1-2H3,(H,32,35)(H,33,36). The number of rotatable bonds is 7. The number of halogens is 5. The van der Waals surface area contributed by atoms with Gasteiger partial charge in [0, 0.05) is 5.69 Å². The zero-order valence-electron chi connectivity index (χ0n) is 21.5. The van der Waals surface area contributed by atoms with Gasteiger partial charge >= 0.3 is 12.3 Å². The normalized spacial score (nSPS) is 20.2. The van der Waals surface area contributed by atoms with E-state index in [4.69, 9.17) is 10.00 Å². The lowest BCUT2D eigenvalue weighted by molar-refractivity contribution is -0.242. The van der Waals surface area contributed by atoms with Gasteiger partial charge in [0.2, 0.25) is 11.5 Å². The molecule has 0 saturated heterocycles. The summed E-state index contributed by atoms with van der Waals surface area (Å²) in [6, 6.07) is 7.46. The first-order valence-electron chi connectivity index (χ1n) is 12.1. The average Bonchev–Trinajstić information content (AvgIpc) is 3.67. The Hall–Kier alpha value is -4.13. The number of fused-ring (bicyclic) bond motifs is 1. The Labute approximate surface area is 231 Å². The lowest BCUT2D eigenvalue weighted by Crippen LogP contribution is -2.48. The Balaban J connectivity index is 1.62. The molecule has 3 unspecified atom stereocenters. The average molecular weight is 603 g/mol. The fraction of sp³-hybridized carbons (Fsp3) is 0.400. The number of nitrogens with one attached hydrogen (secondary N) is 2. The molecule has 2 N–H and O–H groups in total. The zero-order valence-corrected chi connectivity index (χ0v) is 22.3. The molecule has 1 aliphatic heterocycles. The second kappa shape index (κ2) is 10.7. The summed E-state index contributed by atoms with van der Waals surface area (Å²) in [5, 5.41) is 13.6. The van der Waals surface area contributed by atoms with Crippen LogP contribution >= 0.6 is 0 Å². The lowest BCUT2D eigenvalue weighted by atomic mass is 10.1. The fourth-order valence-corrected chi connectivity index (χ4v) is 5.41. The number of hydrogen-bond acceptors (Lipinski definition) is 7. The maximum atomic E-state index is 13.9. The van der Waals surface area contributed by atoms with E-state index < -0.39 is 74.8 Å². The van der Waals surface area contributed by atoms with E-state index in [9.17, 15) is 40.0 Å². The topological polar surface area (TPSA) is 138 Å². The molecule has 2 aromatic rings. The number of carbonyl (C=O) groups excluding carboxylic acids is 2. The van der Waals surface area contributed by atoms with E-state index >= 15 is 0 Å². The van der Waals surface area contributed by atoms with Gasteiger partial charge in [0.05, 0.1) is 41.6 Å². The number of amides is 2. The molecule has 1 fully saturated rings. The van der Waals surface area contributed by atoms with Gasteiger partial charge in [-0.15, -0.1) is 0 Å². The summed E-state index contributed by atoms with van der Waals surface area (Å²) in [6.07, 6.45) is -6.92. The second-order valence-corrected chi connectivity index (χ2v) is 11.7. The minimum absolute atomic E-state index is 0.0579. The minimum atomic E-state index is -4.87. The van der Waals surface area contributed by atoms with Crippen molar-refractivity contribution in [1.29, 1.82) is 5.26 Å². The van der Waals surface area contributed by atoms with Crippen LogP contribution < -0.4 is 19.7 Å². The third kappa shape index (κ3) is 6.29. The van der Waals surface area contributed by atoms with E-state index in [0.29, 0.717) is 32.4 Å². The van der Waals surface area contributed by atoms with Crippen molar-refractivity contribution < 1.29 is 49.4 Å². The molecule has 2 aromatic carbocycles. The molecule has 4 rings (SSSR count). The highest BCUT2D eigenvalue weighted by Gasteiger charge is 2.51. The van der Waals surface area contributed by atoms with Crippen LogP contribution in [0.25, 0.3) is 0 Å². The molecule has 2 amide bonds. The van der Waals surface area contributed by atoms with E-state index in [1.54, 1.807) is 0 Å². The molecule has 0 radical (unpaired) electrons. The summed E-state index contributed by atoms with van der Waals surface area (Å²) in [5.74, 6) is -4.08. The van der Waals surface area contributed by atoms with Gasteiger partial charge in [-0.1, -0.05) is 0 Å². The number of anilines is 2. The Bertz CT molecular complexity index is 1530. The van der Waals surface area contributed by atoms with Crippen LogP contribution in [-0.4, -0.2) is 51.4 Å². The van der Waals surface area contributed by atoms with Crippen molar-refractivity contribution >= 4 is 33.4 Å². The maximum Gasteiger partial charge on any atom is 0.427 e. The van der Waals surface area contributed by atoms with Crippen LogP contribution in [-0.2, 0) is 19.6 Å². The number of benzene rings is 2. The third-order valence-corrected chi connectivity index (χ3v) is 8.22. The summed E-state index contributed by atoms with van der Waals surface area (Å²) < 4.78 is 105. The Morgan fingerprint density at radius 3 is 2.46 bits per heavy atom. The van der Waals surface area contributed by atoms with Crippen LogP contribution in [0, 0.1) is 34.8 Å². The first kappa shape index (κ1) is 29.8. The molecule has 1 aliphatic carbocycles. The van der Waals surface area contributed by atoms with Crippen LogP contribution in [0.5, 0.6) is 5.75 Å². The molecule has 41 heavy (non-hydrogen) atoms. The number of alkyl halides is 3. The SMILES string of the molecule is CC(C)(OC(=O)Nc1ccc2c(c1)N(S(=O)(=O)c1ccc(F)c(F)c1)CC(CNC(=O)C1CC1C#N)O2)C(F)(F)F. The summed E-state index contributed by atoms with van der Waals surface area (Å²) in [4.78, 5) is 23.9. The van der Waals surface area contributed by atoms with Gasteiger partial charge in [0.25, 0.3) is 10.0 Å². The van der Waals surface area contributed by atoms with E-state index in [1.165, 1.54) is 12.1 Å². The summed E-state index contributed by atoms with van der Waals surface area (Å²) in [6.45, 7) is 0.684. The molecule has 3 atom stereocenters. The monoisotopic (exact) mass is 602 g/mol. The van der Waals surface area contributed by atoms with Gasteiger partial charge in [-0.3, -0.25) is 14.4 Å². The van der Waals surface area contributed by atoms with E-state index in [0.717, 1.165) is 16.4 Å². The van der Waals surface area contributed by atoms with Crippen molar-refractivity contribution in [3.63, 3.8) is 0 Å². The molecular weight excluding hydrogens is 579 g/mol. The first-order chi connectivity index (χ1) is 19.0. The van der Waals surface area contributed by atoms with Gasteiger partial charge in [0.15, 0.2) is 11.6 Å². The first-order valence-corrected chi connectivity index (χ1v) is 13.5. The highest BCUT2D eigenvalue weighted by atomic mass is 32.2. The van der Waals surface area contributed by atoms with Gasteiger partial charge in [-0.05, 0) is 56.7 Å². The van der Waals surface area contributed by atoms with Crippen LogP contribution in [0.1, 0.15) is 20.3 Å². The predicted octanol–water partition coefficient (Wildman–Crippen LogP) is 4.09. The van der Waals surface area contributed by atoms with Gasteiger partial charge < -0.3 is 14.8 Å². The Kier molecular flexibility index (Phi) is 7.78. The Morgan fingerprint density at radius 2 is 1.85 bits per heavy atom. The van der Waals surface area contributed by atoms with E-state index in [-0.39, 0.29) is 23.7 Å². The molecule has 10 nitrogen and oxygen atoms in total. The lowest BCUT2D eigenvalue weighted by Gasteiger charge is -2.36. The Morgan fingerprint density at radius 1 is 1.15 bits per heavy atom. The van der Waals surface area contributed by atoms with Crippen molar-refractivity contribution in [2.75, 3.05) is 22.7 Å². The van der Waals surface area contributed by atoms with Crippen LogP contribution in [0.2, 0.25) is 0 Å². The molecule has 0 aromatic heterocycles. The molecule has 1 saturated carbocycles. The molecular formula is C25H23F5N4O6S. The zero-order chi connectivity index (χ0) is 30.3. The largest absolute Gasteiger partial charge is 0.484 e. The number of ether oxygens (including phenoxy) is 2. The summed E-state index contributed by atoms with van der Waals surface area (Å²) in [5.41, 5.74) is -3.18. The molecule has 220 valence electrons. The van der Waals surface area contributed by atoms with Crippen molar-refractivity contribution in [1.82, 2.24) is 5.32 Å². The van der Waals surface area contributed by atoms with Crippen molar-refractivity contribution in [3.05, 3.63) is 48.0 Å². The number of nitriles is 1. The molecule has 16 heteroatoms. The fourth-order valence-electron chi connectivity index (χ4n) is 3.89. The molecule has 1 heterocycles. The maximum absolute atomic E-state index is 13.9. The van der Waals surface area contributed by atoms with Gasteiger partial charge in [-0.2, -0.15) is 18.4 Å². The van der Waals surface area contributed by atoms with Crippen LogP contribution in [0.3, 0.4) is 0 Å². The summed E-state index contributed by atoms with van der Waals surface area (Å²) in [7, 11) is -4.60. The number of nitrogens with zero attached hydrogens (tertiary/aromatic N) is 2. The van der Waals surface area contributed by atoms with E-state index in [1.807, 2.05) is 6.07 Å².